The minimum atomic E-state index is 0.125. The summed E-state index contributed by atoms with van der Waals surface area (Å²) in [5, 5.41) is 0. The highest BCUT2D eigenvalue weighted by molar-refractivity contribution is 5.94. The molecule has 0 spiro atoms. The van der Waals surface area contributed by atoms with E-state index in [0.717, 1.165) is 31.6 Å². The molecule has 1 saturated carbocycles. The number of carbonyl (C=O) groups excluding carboxylic acids is 1. The maximum absolute atomic E-state index is 12.5. The fourth-order valence-electron chi connectivity index (χ4n) is 3.49. The second-order valence-electron chi connectivity index (χ2n) is 6.78. The number of likely N-dealkylation sites (tertiary alicyclic amines) is 1. The molecular formula is C18H22N4O. The Labute approximate surface area is 136 Å². The summed E-state index contributed by atoms with van der Waals surface area (Å²) in [6.07, 6.45) is 8.96. The third-order valence-corrected chi connectivity index (χ3v) is 4.97. The lowest BCUT2D eigenvalue weighted by molar-refractivity contribution is 0.0786. The van der Waals surface area contributed by atoms with Crippen LogP contribution in [0, 0.1) is 12.8 Å². The molecule has 0 bridgehead atoms. The third kappa shape index (κ3) is 2.87. The summed E-state index contributed by atoms with van der Waals surface area (Å²) in [6.45, 7) is 4.80. The Morgan fingerprint density at radius 2 is 2.04 bits per heavy atom. The van der Waals surface area contributed by atoms with E-state index < -0.39 is 0 Å². The van der Waals surface area contributed by atoms with Gasteiger partial charge in [-0.05, 0) is 44.2 Å². The van der Waals surface area contributed by atoms with Crippen molar-refractivity contribution in [1.29, 1.82) is 0 Å². The molecule has 5 heteroatoms. The number of hydrogen-bond donors (Lipinski definition) is 0. The van der Waals surface area contributed by atoms with Crippen LogP contribution in [0.3, 0.4) is 0 Å². The predicted octanol–water partition coefficient (Wildman–Crippen LogP) is 2.63. The van der Waals surface area contributed by atoms with Crippen LogP contribution in [-0.4, -0.2) is 38.4 Å². The van der Waals surface area contributed by atoms with Crippen molar-refractivity contribution in [2.24, 2.45) is 5.92 Å². The van der Waals surface area contributed by atoms with E-state index in [1.54, 1.807) is 24.5 Å². The Kier molecular flexibility index (Phi) is 3.63. The van der Waals surface area contributed by atoms with E-state index >= 15 is 0 Å². The molecule has 3 heterocycles. The smallest absolute Gasteiger partial charge is 0.253 e. The highest BCUT2D eigenvalue weighted by atomic mass is 16.2. The molecule has 0 radical (unpaired) electrons. The molecule has 0 aromatic carbocycles. The standard InChI is InChI=1S/C18H22N4O/c1-13-10-20-17(15-2-3-15)22(13)12-14-6-9-21(11-14)18(23)16-4-7-19-8-5-16/h4-5,7-8,10,14-15H,2-3,6,9,11-12H2,1H3. The summed E-state index contributed by atoms with van der Waals surface area (Å²) in [5.74, 6) is 2.56. The predicted molar refractivity (Wildman–Crippen MR) is 87.2 cm³/mol. The van der Waals surface area contributed by atoms with Crippen LogP contribution in [0.15, 0.2) is 30.7 Å². The Hall–Kier alpha value is -2.17. The van der Waals surface area contributed by atoms with Crippen molar-refractivity contribution >= 4 is 5.91 Å². The molecule has 2 fully saturated rings. The van der Waals surface area contributed by atoms with E-state index in [2.05, 4.69) is 21.5 Å². The van der Waals surface area contributed by atoms with Crippen molar-refractivity contribution in [2.45, 2.75) is 38.6 Å². The van der Waals surface area contributed by atoms with E-state index in [1.165, 1.54) is 24.4 Å². The molecule has 1 atom stereocenters. The zero-order valence-corrected chi connectivity index (χ0v) is 13.5. The number of amides is 1. The van der Waals surface area contributed by atoms with Gasteiger partial charge in [0, 0.05) is 55.4 Å². The zero-order valence-electron chi connectivity index (χ0n) is 13.5. The second-order valence-corrected chi connectivity index (χ2v) is 6.78. The summed E-state index contributed by atoms with van der Waals surface area (Å²) in [4.78, 5) is 23.1. The molecule has 1 unspecified atom stereocenters. The second kappa shape index (κ2) is 5.80. The van der Waals surface area contributed by atoms with E-state index in [4.69, 9.17) is 0 Å². The molecule has 1 aliphatic heterocycles. The average molecular weight is 310 g/mol. The summed E-state index contributed by atoms with van der Waals surface area (Å²) >= 11 is 0. The molecule has 120 valence electrons. The molecule has 4 rings (SSSR count). The van der Waals surface area contributed by atoms with Gasteiger partial charge in [-0.1, -0.05) is 0 Å². The maximum Gasteiger partial charge on any atom is 0.253 e. The van der Waals surface area contributed by atoms with Gasteiger partial charge in [-0.2, -0.15) is 0 Å². The van der Waals surface area contributed by atoms with Crippen molar-refractivity contribution in [3.8, 4) is 0 Å². The highest BCUT2D eigenvalue weighted by Gasteiger charge is 2.31. The van der Waals surface area contributed by atoms with Crippen LogP contribution in [0.25, 0.3) is 0 Å². The highest BCUT2D eigenvalue weighted by Crippen LogP contribution is 2.40. The number of carbonyl (C=O) groups is 1. The van der Waals surface area contributed by atoms with Gasteiger partial charge in [0.15, 0.2) is 0 Å². The zero-order chi connectivity index (χ0) is 15.8. The van der Waals surface area contributed by atoms with Gasteiger partial charge >= 0.3 is 0 Å². The van der Waals surface area contributed by atoms with Crippen LogP contribution < -0.4 is 0 Å². The minimum absolute atomic E-state index is 0.125. The van der Waals surface area contributed by atoms with Crippen molar-refractivity contribution in [3.05, 3.63) is 47.8 Å². The van der Waals surface area contributed by atoms with E-state index in [1.807, 2.05) is 11.1 Å². The number of rotatable bonds is 4. The van der Waals surface area contributed by atoms with Gasteiger partial charge in [0.1, 0.15) is 5.82 Å². The van der Waals surface area contributed by atoms with Crippen molar-refractivity contribution < 1.29 is 4.79 Å². The lowest BCUT2D eigenvalue weighted by Gasteiger charge is -2.18. The first-order valence-electron chi connectivity index (χ1n) is 8.43. The number of aryl methyl sites for hydroxylation is 1. The summed E-state index contributed by atoms with van der Waals surface area (Å²) in [5.41, 5.74) is 1.98. The van der Waals surface area contributed by atoms with Gasteiger partial charge in [0.2, 0.25) is 0 Å². The normalized spacial score (nSPS) is 20.9. The summed E-state index contributed by atoms with van der Waals surface area (Å²) < 4.78 is 2.38. The molecule has 1 amide bonds. The van der Waals surface area contributed by atoms with E-state index in [0.29, 0.717) is 11.8 Å². The first-order chi connectivity index (χ1) is 11.2. The van der Waals surface area contributed by atoms with Crippen molar-refractivity contribution in [2.75, 3.05) is 13.1 Å². The largest absolute Gasteiger partial charge is 0.338 e. The lowest BCUT2D eigenvalue weighted by Crippen LogP contribution is -2.29. The maximum atomic E-state index is 12.5. The SMILES string of the molecule is Cc1cnc(C2CC2)n1CC1CCN(C(=O)c2ccncc2)C1. The average Bonchev–Trinajstić information content (AvgIpc) is 3.21. The Morgan fingerprint density at radius 1 is 1.26 bits per heavy atom. The van der Waals surface area contributed by atoms with Crippen LogP contribution >= 0.6 is 0 Å². The summed E-state index contributed by atoms with van der Waals surface area (Å²) in [6, 6.07) is 3.59. The van der Waals surface area contributed by atoms with Gasteiger partial charge in [0.05, 0.1) is 0 Å². The van der Waals surface area contributed by atoms with E-state index in [-0.39, 0.29) is 5.91 Å². The number of hydrogen-bond acceptors (Lipinski definition) is 3. The van der Waals surface area contributed by atoms with Crippen molar-refractivity contribution in [3.63, 3.8) is 0 Å². The quantitative estimate of drug-likeness (QED) is 0.872. The van der Waals surface area contributed by atoms with Gasteiger partial charge in [-0.15, -0.1) is 0 Å². The molecule has 5 nitrogen and oxygen atoms in total. The van der Waals surface area contributed by atoms with Gasteiger partial charge in [0.25, 0.3) is 5.91 Å². The molecule has 2 aliphatic rings. The molecule has 2 aromatic heterocycles. The fraction of sp³-hybridized carbons (Fsp3) is 0.500. The Bertz CT molecular complexity index is 705. The van der Waals surface area contributed by atoms with Gasteiger partial charge < -0.3 is 9.47 Å². The first-order valence-corrected chi connectivity index (χ1v) is 8.43. The molecule has 1 saturated heterocycles. The third-order valence-electron chi connectivity index (χ3n) is 4.97. The molecule has 2 aromatic rings. The summed E-state index contributed by atoms with van der Waals surface area (Å²) in [7, 11) is 0. The Balaban J connectivity index is 1.43. The minimum Gasteiger partial charge on any atom is -0.338 e. The van der Waals surface area contributed by atoms with Crippen LogP contribution in [0.2, 0.25) is 0 Å². The van der Waals surface area contributed by atoms with Crippen LogP contribution in [-0.2, 0) is 6.54 Å². The molecular weight excluding hydrogens is 288 g/mol. The molecule has 1 aliphatic carbocycles. The Morgan fingerprint density at radius 3 is 2.78 bits per heavy atom. The first kappa shape index (κ1) is 14.4. The number of nitrogens with zero attached hydrogens (tertiary/aromatic N) is 4. The van der Waals surface area contributed by atoms with E-state index in [9.17, 15) is 4.79 Å². The van der Waals surface area contributed by atoms with Crippen LogP contribution in [0.4, 0.5) is 0 Å². The van der Waals surface area contributed by atoms with Crippen LogP contribution in [0.1, 0.15) is 47.1 Å². The monoisotopic (exact) mass is 310 g/mol. The molecule has 0 N–H and O–H groups in total. The van der Waals surface area contributed by atoms with Gasteiger partial charge in [-0.3, -0.25) is 9.78 Å². The van der Waals surface area contributed by atoms with Crippen molar-refractivity contribution in [1.82, 2.24) is 19.4 Å². The number of imidazole rings is 1. The number of aromatic nitrogens is 3. The van der Waals surface area contributed by atoms with Crippen LogP contribution in [0.5, 0.6) is 0 Å². The fourth-order valence-corrected chi connectivity index (χ4v) is 3.49. The van der Waals surface area contributed by atoms with Gasteiger partial charge in [-0.25, -0.2) is 4.98 Å². The molecule has 23 heavy (non-hydrogen) atoms. The lowest BCUT2D eigenvalue weighted by atomic mass is 10.1. The number of pyridine rings is 1. The topological polar surface area (TPSA) is 51.0 Å².